The molecule has 0 aromatic rings. The molecule has 0 aliphatic carbocycles. The van der Waals surface area contributed by atoms with Gasteiger partial charge in [0, 0.05) is 6.04 Å². The Balaban J connectivity index is 3.98. The molecule has 0 saturated heterocycles. The second-order valence-corrected chi connectivity index (χ2v) is 4.69. The molecular weight excluding hydrogens is 170 g/mol. The minimum absolute atomic E-state index is 0.628. The normalized spacial score (nSPS) is 13.9. The van der Waals surface area contributed by atoms with Crippen molar-refractivity contribution in [2.24, 2.45) is 11.8 Å². The molecule has 0 aliphatic heterocycles. The fraction of sp³-hybridized carbons (Fsp3) is 1.00. The molecule has 0 fully saturated rings. The van der Waals surface area contributed by atoms with Crippen LogP contribution < -0.4 is 5.32 Å². The maximum atomic E-state index is 3.58. The van der Waals surface area contributed by atoms with E-state index in [1.54, 1.807) is 0 Å². The number of hydrogen-bond acceptors (Lipinski definition) is 1. The standard InChI is InChI=1S/C13H29N/c1-6-9-13(10-14-11(4)5)12(7-2)8-3/h11-14H,6-10H2,1-5H3. The van der Waals surface area contributed by atoms with Gasteiger partial charge in [-0.2, -0.15) is 0 Å². The molecule has 1 atom stereocenters. The van der Waals surface area contributed by atoms with Crippen molar-refractivity contribution in [3.05, 3.63) is 0 Å². The molecule has 0 saturated carbocycles. The maximum Gasteiger partial charge on any atom is 0.00104 e. The van der Waals surface area contributed by atoms with Crippen LogP contribution in [0.25, 0.3) is 0 Å². The van der Waals surface area contributed by atoms with E-state index in [4.69, 9.17) is 0 Å². The van der Waals surface area contributed by atoms with Crippen LogP contribution >= 0.6 is 0 Å². The summed E-state index contributed by atoms with van der Waals surface area (Å²) in [5.41, 5.74) is 0. The largest absolute Gasteiger partial charge is 0.314 e. The summed E-state index contributed by atoms with van der Waals surface area (Å²) >= 11 is 0. The molecule has 0 aliphatic rings. The molecule has 0 amide bonds. The molecule has 0 radical (unpaired) electrons. The zero-order valence-electron chi connectivity index (χ0n) is 10.8. The Kier molecular flexibility index (Phi) is 8.26. The average molecular weight is 199 g/mol. The van der Waals surface area contributed by atoms with E-state index < -0.39 is 0 Å². The van der Waals surface area contributed by atoms with Crippen molar-refractivity contribution in [2.75, 3.05) is 6.54 Å². The quantitative estimate of drug-likeness (QED) is 0.626. The highest BCUT2D eigenvalue weighted by molar-refractivity contribution is 4.71. The summed E-state index contributed by atoms with van der Waals surface area (Å²) in [7, 11) is 0. The zero-order valence-corrected chi connectivity index (χ0v) is 10.8. The fourth-order valence-corrected chi connectivity index (χ4v) is 2.22. The Labute approximate surface area is 90.7 Å². The van der Waals surface area contributed by atoms with Crippen LogP contribution in [0.2, 0.25) is 0 Å². The summed E-state index contributed by atoms with van der Waals surface area (Å²) in [6, 6.07) is 0.628. The first-order chi connectivity index (χ1) is 6.65. The number of rotatable bonds is 8. The van der Waals surface area contributed by atoms with Gasteiger partial charge in [-0.3, -0.25) is 0 Å². The van der Waals surface area contributed by atoms with Crippen molar-refractivity contribution < 1.29 is 0 Å². The summed E-state index contributed by atoms with van der Waals surface area (Å²) in [4.78, 5) is 0. The Morgan fingerprint density at radius 2 is 1.50 bits per heavy atom. The second kappa shape index (κ2) is 8.28. The average Bonchev–Trinajstić information content (AvgIpc) is 2.15. The van der Waals surface area contributed by atoms with Crippen molar-refractivity contribution in [1.29, 1.82) is 0 Å². The highest BCUT2D eigenvalue weighted by Crippen LogP contribution is 2.23. The highest BCUT2D eigenvalue weighted by Gasteiger charge is 2.17. The summed E-state index contributed by atoms with van der Waals surface area (Å²) < 4.78 is 0. The van der Waals surface area contributed by atoms with Gasteiger partial charge in [-0.05, 0) is 24.8 Å². The van der Waals surface area contributed by atoms with Crippen molar-refractivity contribution in [3.63, 3.8) is 0 Å². The lowest BCUT2D eigenvalue weighted by atomic mass is 9.84. The topological polar surface area (TPSA) is 12.0 Å². The van der Waals surface area contributed by atoms with Crippen LogP contribution in [0.3, 0.4) is 0 Å². The highest BCUT2D eigenvalue weighted by atomic mass is 14.9. The number of hydrogen-bond donors (Lipinski definition) is 1. The molecule has 1 N–H and O–H groups in total. The predicted molar refractivity (Wildman–Crippen MR) is 65.6 cm³/mol. The van der Waals surface area contributed by atoms with E-state index in [1.165, 1.54) is 32.2 Å². The van der Waals surface area contributed by atoms with Crippen LogP contribution in [0, 0.1) is 11.8 Å². The third-order valence-electron chi connectivity index (χ3n) is 3.16. The molecule has 0 heterocycles. The third kappa shape index (κ3) is 5.64. The van der Waals surface area contributed by atoms with E-state index in [0.717, 1.165) is 11.8 Å². The third-order valence-corrected chi connectivity index (χ3v) is 3.16. The Morgan fingerprint density at radius 1 is 0.929 bits per heavy atom. The van der Waals surface area contributed by atoms with Crippen molar-refractivity contribution in [3.8, 4) is 0 Å². The van der Waals surface area contributed by atoms with Gasteiger partial charge < -0.3 is 5.32 Å². The van der Waals surface area contributed by atoms with Gasteiger partial charge in [0.2, 0.25) is 0 Å². The van der Waals surface area contributed by atoms with E-state index in [-0.39, 0.29) is 0 Å². The van der Waals surface area contributed by atoms with E-state index in [9.17, 15) is 0 Å². The van der Waals surface area contributed by atoms with Crippen LogP contribution in [0.1, 0.15) is 60.3 Å². The SMILES string of the molecule is CCCC(CNC(C)C)C(CC)CC. The second-order valence-electron chi connectivity index (χ2n) is 4.69. The predicted octanol–water partition coefficient (Wildman–Crippen LogP) is 3.84. The van der Waals surface area contributed by atoms with Gasteiger partial charge >= 0.3 is 0 Å². The molecule has 1 unspecified atom stereocenters. The van der Waals surface area contributed by atoms with E-state index in [1.807, 2.05) is 0 Å². The van der Waals surface area contributed by atoms with Gasteiger partial charge in [-0.1, -0.05) is 53.9 Å². The molecule has 0 spiro atoms. The molecule has 1 nitrogen and oxygen atoms in total. The van der Waals surface area contributed by atoms with E-state index in [2.05, 4.69) is 39.9 Å². The molecule has 1 heteroatoms. The molecule has 14 heavy (non-hydrogen) atoms. The lowest BCUT2D eigenvalue weighted by Crippen LogP contribution is -2.32. The first-order valence-corrected chi connectivity index (χ1v) is 6.38. The van der Waals surface area contributed by atoms with Crippen molar-refractivity contribution in [1.82, 2.24) is 5.32 Å². The van der Waals surface area contributed by atoms with Crippen LogP contribution in [-0.4, -0.2) is 12.6 Å². The molecule has 0 aromatic heterocycles. The van der Waals surface area contributed by atoms with Crippen molar-refractivity contribution >= 4 is 0 Å². The zero-order chi connectivity index (χ0) is 11.0. The van der Waals surface area contributed by atoms with Crippen LogP contribution in [0.4, 0.5) is 0 Å². The van der Waals surface area contributed by atoms with Gasteiger partial charge in [-0.15, -0.1) is 0 Å². The Hall–Kier alpha value is -0.0400. The smallest absolute Gasteiger partial charge is 0.00104 e. The molecule has 86 valence electrons. The molecule has 0 bridgehead atoms. The molecular formula is C13H29N. The fourth-order valence-electron chi connectivity index (χ4n) is 2.22. The minimum atomic E-state index is 0.628. The minimum Gasteiger partial charge on any atom is -0.314 e. The van der Waals surface area contributed by atoms with E-state index in [0.29, 0.717) is 6.04 Å². The molecule has 0 rings (SSSR count). The van der Waals surface area contributed by atoms with Gasteiger partial charge in [0.15, 0.2) is 0 Å². The van der Waals surface area contributed by atoms with Crippen LogP contribution in [0.5, 0.6) is 0 Å². The number of nitrogens with one attached hydrogen (secondary N) is 1. The van der Waals surface area contributed by atoms with Crippen LogP contribution in [-0.2, 0) is 0 Å². The summed E-state index contributed by atoms with van der Waals surface area (Å²) in [6.45, 7) is 12.6. The van der Waals surface area contributed by atoms with E-state index >= 15 is 0 Å². The lowest BCUT2D eigenvalue weighted by Gasteiger charge is -2.26. The Morgan fingerprint density at radius 3 is 1.86 bits per heavy atom. The van der Waals surface area contributed by atoms with Gasteiger partial charge in [-0.25, -0.2) is 0 Å². The van der Waals surface area contributed by atoms with Crippen molar-refractivity contribution in [2.45, 2.75) is 66.3 Å². The van der Waals surface area contributed by atoms with Gasteiger partial charge in [0.25, 0.3) is 0 Å². The summed E-state index contributed by atoms with van der Waals surface area (Å²) in [5.74, 6) is 1.80. The summed E-state index contributed by atoms with van der Waals surface area (Å²) in [5, 5.41) is 3.58. The lowest BCUT2D eigenvalue weighted by molar-refractivity contribution is 0.275. The first-order valence-electron chi connectivity index (χ1n) is 6.38. The summed E-state index contributed by atoms with van der Waals surface area (Å²) in [6.07, 6.45) is 5.37. The first kappa shape index (κ1) is 14.0. The van der Waals surface area contributed by atoms with Crippen LogP contribution in [0.15, 0.2) is 0 Å². The van der Waals surface area contributed by atoms with Gasteiger partial charge in [0.05, 0.1) is 0 Å². The van der Waals surface area contributed by atoms with Gasteiger partial charge in [0.1, 0.15) is 0 Å². The Bertz CT molecular complexity index is 116. The molecule has 0 aromatic carbocycles. The maximum absolute atomic E-state index is 3.58. The monoisotopic (exact) mass is 199 g/mol.